The van der Waals surface area contributed by atoms with Gasteiger partial charge in [0.05, 0.1) is 37.9 Å². The maximum atomic E-state index is 14.5. The average molecular weight is 378 g/mol. The number of amides is 1. The summed E-state index contributed by atoms with van der Waals surface area (Å²) in [5, 5.41) is 7.36. The van der Waals surface area contributed by atoms with Crippen molar-refractivity contribution in [2.75, 3.05) is 43.1 Å². The summed E-state index contributed by atoms with van der Waals surface area (Å²) in [5.74, 6) is -0.147. The monoisotopic (exact) mass is 378 g/mol. The Morgan fingerprint density at radius 1 is 1.67 bits per heavy atom. The molecular weight excluding hydrogens is 355 g/mol. The van der Waals surface area contributed by atoms with Gasteiger partial charge in [-0.3, -0.25) is 20.1 Å². The van der Waals surface area contributed by atoms with E-state index in [0.717, 1.165) is 6.34 Å². The molecule has 1 atom stereocenters. The number of carbonyl (C=O) groups is 1. The minimum Gasteiger partial charge on any atom is -0.442 e. The molecule has 1 unspecified atom stereocenters. The van der Waals surface area contributed by atoms with Gasteiger partial charge < -0.3 is 15.4 Å². The van der Waals surface area contributed by atoms with Crippen LogP contribution in [0.15, 0.2) is 35.8 Å². The molecule has 1 amide bonds. The molecule has 2 rings (SSSR count). The Labute approximate surface area is 156 Å². The molecule has 0 aromatic heterocycles. The summed E-state index contributed by atoms with van der Waals surface area (Å²) in [7, 11) is 1.45. The van der Waals surface area contributed by atoms with Crippen LogP contribution in [0.1, 0.15) is 0 Å². The fourth-order valence-corrected chi connectivity index (χ4v) is 2.56. The van der Waals surface area contributed by atoms with Crippen LogP contribution in [0.5, 0.6) is 0 Å². The van der Waals surface area contributed by atoms with Crippen LogP contribution >= 0.6 is 0 Å². The summed E-state index contributed by atoms with van der Waals surface area (Å²) in [4.78, 5) is 23.8. The number of rotatable bonds is 9. The SMILES string of the molecule is C=CC(=NCC1CN(c2ccc(N(C=N)CCN)c(F)c2)C(=O)O1)NOC. The van der Waals surface area contributed by atoms with Gasteiger partial charge in [-0.15, -0.1) is 0 Å². The second-order valence-corrected chi connectivity index (χ2v) is 5.60. The first-order valence-electron chi connectivity index (χ1n) is 8.24. The first kappa shape index (κ1) is 20.3. The Kier molecular flexibility index (Phi) is 7.26. The van der Waals surface area contributed by atoms with Gasteiger partial charge in [0.15, 0.2) is 0 Å². The normalized spacial score (nSPS) is 16.9. The van der Waals surface area contributed by atoms with Crippen LogP contribution in [0.2, 0.25) is 0 Å². The van der Waals surface area contributed by atoms with E-state index in [4.69, 9.17) is 20.7 Å². The molecule has 1 aliphatic heterocycles. The smallest absolute Gasteiger partial charge is 0.414 e. The van der Waals surface area contributed by atoms with Crippen LogP contribution in [0, 0.1) is 11.2 Å². The maximum Gasteiger partial charge on any atom is 0.414 e. The van der Waals surface area contributed by atoms with Gasteiger partial charge in [-0.1, -0.05) is 6.58 Å². The summed E-state index contributed by atoms with van der Waals surface area (Å²) in [6.07, 6.45) is 1.42. The summed E-state index contributed by atoms with van der Waals surface area (Å²) in [6.45, 7) is 4.62. The van der Waals surface area contributed by atoms with Gasteiger partial charge in [-0.25, -0.2) is 14.7 Å². The highest BCUT2D eigenvalue weighted by Crippen LogP contribution is 2.27. The van der Waals surface area contributed by atoms with E-state index in [0.29, 0.717) is 18.1 Å². The molecule has 1 fully saturated rings. The number of carbonyl (C=O) groups excluding carboxylic acids is 1. The molecule has 0 radical (unpaired) electrons. The van der Waals surface area contributed by atoms with Crippen molar-refractivity contribution in [3.05, 3.63) is 36.7 Å². The number of aliphatic imine (C=N–C) groups is 1. The Balaban J connectivity index is 2.10. The molecule has 1 saturated heterocycles. The highest BCUT2D eigenvalue weighted by Gasteiger charge is 2.32. The van der Waals surface area contributed by atoms with E-state index in [1.807, 2.05) is 0 Å². The second-order valence-electron chi connectivity index (χ2n) is 5.60. The van der Waals surface area contributed by atoms with Crippen LogP contribution in [-0.2, 0) is 9.57 Å². The number of amidine groups is 1. The van der Waals surface area contributed by atoms with Gasteiger partial charge in [-0.2, -0.15) is 0 Å². The molecule has 0 aliphatic carbocycles. The number of nitrogens with zero attached hydrogens (tertiary/aromatic N) is 3. The lowest BCUT2D eigenvalue weighted by Crippen LogP contribution is -2.29. The number of nitrogens with two attached hydrogens (primary N) is 1. The number of ether oxygens (including phenoxy) is 1. The van der Waals surface area contributed by atoms with Gasteiger partial charge in [-0.05, 0) is 24.3 Å². The van der Waals surface area contributed by atoms with E-state index >= 15 is 0 Å². The molecule has 1 aromatic carbocycles. The van der Waals surface area contributed by atoms with Crippen molar-refractivity contribution >= 4 is 29.6 Å². The zero-order valence-corrected chi connectivity index (χ0v) is 15.0. The summed E-state index contributed by atoms with van der Waals surface area (Å²) < 4.78 is 19.7. The predicted octanol–water partition coefficient (Wildman–Crippen LogP) is 1.26. The van der Waals surface area contributed by atoms with E-state index in [1.165, 1.54) is 35.1 Å². The molecule has 27 heavy (non-hydrogen) atoms. The predicted molar refractivity (Wildman–Crippen MR) is 102 cm³/mol. The zero-order chi connectivity index (χ0) is 19.8. The van der Waals surface area contributed by atoms with Crippen molar-refractivity contribution < 1.29 is 18.8 Å². The lowest BCUT2D eigenvalue weighted by Gasteiger charge is -2.20. The van der Waals surface area contributed by atoms with Crippen LogP contribution in [0.4, 0.5) is 20.6 Å². The fourth-order valence-electron chi connectivity index (χ4n) is 2.56. The first-order chi connectivity index (χ1) is 13.0. The standard InChI is InChI=1S/C17H23FN6O3/c1-3-16(22-26-2)21-9-13-10-24(17(25)27-13)12-4-5-15(14(18)8-12)23(11-20)7-6-19/h3-5,8,11,13,20H,1,6-7,9-10,19H2,2H3,(H,21,22). The van der Waals surface area contributed by atoms with E-state index < -0.39 is 18.0 Å². The molecule has 1 aromatic rings. The molecular formula is C17H23FN6O3. The number of hydrogen-bond acceptors (Lipinski definition) is 6. The summed E-state index contributed by atoms with van der Waals surface area (Å²) in [5.41, 5.74) is 8.60. The minimum absolute atomic E-state index is 0.207. The van der Waals surface area contributed by atoms with Crippen molar-refractivity contribution in [3.8, 4) is 0 Å². The third kappa shape index (κ3) is 5.02. The van der Waals surface area contributed by atoms with Crippen LogP contribution in [0.3, 0.4) is 0 Å². The third-order valence-electron chi connectivity index (χ3n) is 3.82. The average Bonchev–Trinajstić information content (AvgIpc) is 3.04. The Bertz CT molecular complexity index is 727. The molecule has 0 bridgehead atoms. The van der Waals surface area contributed by atoms with Gasteiger partial charge in [0.2, 0.25) is 0 Å². The van der Waals surface area contributed by atoms with Crippen LogP contribution < -0.4 is 21.0 Å². The van der Waals surface area contributed by atoms with Crippen molar-refractivity contribution in [3.63, 3.8) is 0 Å². The van der Waals surface area contributed by atoms with Crippen molar-refractivity contribution in [1.29, 1.82) is 5.41 Å². The molecule has 0 spiro atoms. The van der Waals surface area contributed by atoms with E-state index in [-0.39, 0.29) is 25.3 Å². The third-order valence-corrected chi connectivity index (χ3v) is 3.82. The topological polar surface area (TPSA) is 116 Å². The first-order valence-corrected chi connectivity index (χ1v) is 8.24. The molecule has 9 nitrogen and oxygen atoms in total. The molecule has 146 valence electrons. The fraction of sp³-hybridized carbons (Fsp3) is 0.353. The number of halogens is 1. The highest BCUT2D eigenvalue weighted by molar-refractivity contribution is 5.92. The van der Waals surface area contributed by atoms with Crippen molar-refractivity contribution in [2.45, 2.75) is 6.10 Å². The van der Waals surface area contributed by atoms with Gasteiger partial charge in [0.1, 0.15) is 17.8 Å². The number of cyclic esters (lactones) is 1. The summed E-state index contributed by atoms with van der Waals surface area (Å²) >= 11 is 0. The lowest BCUT2D eigenvalue weighted by atomic mass is 10.2. The van der Waals surface area contributed by atoms with Gasteiger partial charge >= 0.3 is 6.09 Å². The molecule has 4 N–H and O–H groups in total. The molecule has 1 heterocycles. The number of anilines is 2. The van der Waals surface area contributed by atoms with Crippen molar-refractivity contribution in [2.24, 2.45) is 10.7 Å². The van der Waals surface area contributed by atoms with Gasteiger partial charge in [0, 0.05) is 13.1 Å². The number of hydrogen-bond donors (Lipinski definition) is 3. The van der Waals surface area contributed by atoms with E-state index in [1.54, 1.807) is 6.07 Å². The Morgan fingerprint density at radius 3 is 3.04 bits per heavy atom. The molecule has 0 saturated carbocycles. The minimum atomic E-state index is -0.576. The quantitative estimate of drug-likeness (QED) is 0.338. The largest absolute Gasteiger partial charge is 0.442 e. The number of nitrogens with one attached hydrogen (secondary N) is 2. The maximum absolute atomic E-state index is 14.5. The number of benzene rings is 1. The molecule has 10 heteroatoms. The highest BCUT2D eigenvalue weighted by atomic mass is 19.1. The van der Waals surface area contributed by atoms with E-state index in [2.05, 4.69) is 17.1 Å². The lowest BCUT2D eigenvalue weighted by molar-refractivity contribution is 0.140. The second kappa shape index (κ2) is 9.64. The van der Waals surface area contributed by atoms with E-state index in [9.17, 15) is 9.18 Å². The van der Waals surface area contributed by atoms with Gasteiger partial charge in [0.25, 0.3) is 0 Å². The zero-order valence-electron chi connectivity index (χ0n) is 15.0. The van der Waals surface area contributed by atoms with Crippen LogP contribution in [-0.4, -0.2) is 57.7 Å². The summed E-state index contributed by atoms with van der Waals surface area (Å²) in [6, 6.07) is 4.33. The Hall–Kier alpha value is -2.98. The van der Waals surface area contributed by atoms with Crippen molar-refractivity contribution in [1.82, 2.24) is 5.48 Å². The number of hydroxylamine groups is 1. The van der Waals surface area contributed by atoms with Crippen LogP contribution in [0.25, 0.3) is 0 Å². The molecule has 1 aliphatic rings. The Morgan fingerprint density at radius 2 is 2.44 bits per heavy atom.